The van der Waals surface area contributed by atoms with Gasteiger partial charge in [-0.3, -0.25) is 4.99 Å². The highest BCUT2D eigenvalue weighted by Gasteiger charge is 2.35. The Morgan fingerprint density at radius 1 is 1.48 bits per heavy atom. The van der Waals surface area contributed by atoms with Crippen molar-refractivity contribution >= 4 is 11.6 Å². The molecule has 0 aromatic heterocycles. The fourth-order valence-electron chi connectivity index (χ4n) is 2.89. The van der Waals surface area contributed by atoms with E-state index in [1.165, 1.54) is 5.56 Å². The molecule has 2 atom stereocenters. The molecule has 116 valence electrons. The van der Waals surface area contributed by atoms with Gasteiger partial charge in [-0.15, -0.1) is 0 Å². The monoisotopic (exact) mass is 289 g/mol. The van der Waals surface area contributed by atoms with Crippen LogP contribution in [-0.4, -0.2) is 23.7 Å². The van der Waals surface area contributed by atoms with Gasteiger partial charge in [-0.1, -0.05) is 38.8 Å². The van der Waals surface area contributed by atoms with Crippen molar-refractivity contribution in [3.05, 3.63) is 29.8 Å². The molecule has 0 radical (unpaired) electrons. The summed E-state index contributed by atoms with van der Waals surface area (Å²) >= 11 is 0. The number of aliphatic hydroxyl groups excluding tert-OH is 1. The van der Waals surface area contributed by atoms with Gasteiger partial charge < -0.3 is 16.2 Å². The molecular weight excluding hydrogens is 262 g/mol. The number of benzene rings is 1. The van der Waals surface area contributed by atoms with Gasteiger partial charge in [-0.2, -0.15) is 0 Å². The van der Waals surface area contributed by atoms with Crippen LogP contribution in [0.4, 0.5) is 5.69 Å². The van der Waals surface area contributed by atoms with Gasteiger partial charge in [0.1, 0.15) is 0 Å². The number of hydrogen-bond acceptors (Lipinski definition) is 2. The second-order valence-corrected chi connectivity index (χ2v) is 6.30. The second-order valence-electron chi connectivity index (χ2n) is 6.30. The van der Waals surface area contributed by atoms with E-state index in [4.69, 9.17) is 5.73 Å². The molecule has 0 aliphatic heterocycles. The Labute approximate surface area is 127 Å². The molecule has 4 N–H and O–H groups in total. The van der Waals surface area contributed by atoms with E-state index in [1.54, 1.807) is 0 Å². The first-order valence-electron chi connectivity index (χ1n) is 7.87. The highest BCUT2D eigenvalue weighted by molar-refractivity contribution is 5.92. The molecule has 1 aromatic carbocycles. The standard InChI is InChI=1S/C17H27N3O/c1-3-13-7-6-8-14(11-13)20-16(18)19-12-17(2)10-5-4-9-15(17)21/h6-8,11,15,21H,3-5,9-10,12H2,1-2H3,(H3,18,19,20). The van der Waals surface area contributed by atoms with Crippen LogP contribution in [0.15, 0.2) is 29.3 Å². The molecule has 4 nitrogen and oxygen atoms in total. The first-order valence-corrected chi connectivity index (χ1v) is 7.87. The molecule has 21 heavy (non-hydrogen) atoms. The molecule has 1 aliphatic rings. The van der Waals surface area contributed by atoms with Crippen LogP contribution in [0, 0.1) is 5.41 Å². The quantitative estimate of drug-likeness (QED) is 0.589. The summed E-state index contributed by atoms with van der Waals surface area (Å²) in [6.07, 6.45) is 4.88. The number of nitrogens with one attached hydrogen (secondary N) is 1. The zero-order chi connectivity index (χ0) is 15.3. The third kappa shape index (κ3) is 4.21. The Bertz CT molecular complexity index is 501. The van der Waals surface area contributed by atoms with Crippen LogP contribution in [0.3, 0.4) is 0 Å². The lowest BCUT2D eigenvalue weighted by atomic mass is 9.73. The maximum Gasteiger partial charge on any atom is 0.193 e. The highest BCUT2D eigenvalue weighted by atomic mass is 16.3. The fourth-order valence-corrected chi connectivity index (χ4v) is 2.89. The molecule has 1 saturated carbocycles. The zero-order valence-corrected chi connectivity index (χ0v) is 13.1. The molecule has 2 rings (SSSR count). The van der Waals surface area contributed by atoms with E-state index < -0.39 is 0 Å². The minimum Gasteiger partial charge on any atom is -0.392 e. The van der Waals surface area contributed by atoms with E-state index in [-0.39, 0.29) is 11.5 Å². The molecule has 0 amide bonds. The summed E-state index contributed by atoms with van der Waals surface area (Å²) in [7, 11) is 0. The van der Waals surface area contributed by atoms with Gasteiger partial charge in [-0.25, -0.2) is 0 Å². The number of nitrogens with two attached hydrogens (primary N) is 1. The van der Waals surface area contributed by atoms with Gasteiger partial charge in [-0.05, 0) is 37.0 Å². The van der Waals surface area contributed by atoms with Crippen molar-refractivity contribution in [2.45, 2.75) is 52.1 Å². The van der Waals surface area contributed by atoms with Crippen LogP contribution < -0.4 is 11.1 Å². The molecule has 0 saturated heterocycles. The van der Waals surface area contributed by atoms with E-state index >= 15 is 0 Å². The molecule has 1 fully saturated rings. The Kier molecular flexibility index (Phi) is 5.23. The normalized spacial score (nSPS) is 26.6. The number of aryl methyl sites for hydroxylation is 1. The highest BCUT2D eigenvalue weighted by Crippen LogP contribution is 2.36. The topological polar surface area (TPSA) is 70.6 Å². The molecule has 2 unspecified atom stereocenters. The van der Waals surface area contributed by atoms with Crippen LogP contribution in [0.2, 0.25) is 0 Å². The lowest BCUT2D eigenvalue weighted by molar-refractivity contribution is 0.00724. The molecule has 0 spiro atoms. The maximum atomic E-state index is 10.2. The van der Waals surface area contributed by atoms with Crippen LogP contribution in [-0.2, 0) is 6.42 Å². The largest absolute Gasteiger partial charge is 0.392 e. The van der Waals surface area contributed by atoms with Crippen LogP contribution in [0.1, 0.15) is 45.1 Å². The second kappa shape index (κ2) is 6.94. The van der Waals surface area contributed by atoms with Crippen molar-refractivity contribution in [1.29, 1.82) is 0 Å². The first kappa shape index (κ1) is 15.8. The van der Waals surface area contributed by atoms with Crippen molar-refractivity contribution < 1.29 is 5.11 Å². The third-order valence-corrected chi connectivity index (χ3v) is 4.50. The SMILES string of the molecule is CCc1cccc(NC(N)=NCC2(C)CCCCC2O)c1. The fraction of sp³-hybridized carbons (Fsp3) is 0.588. The summed E-state index contributed by atoms with van der Waals surface area (Å²) in [6, 6.07) is 8.18. The predicted octanol–water partition coefficient (Wildman–Crippen LogP) is 2.92. The molecule has 4 heteroatoms. The summed E-state index contributed by atoms with van der Waals surface area (Å²) in [4.78, 5) is 4.44. The number of rotatable bonds is 4. The number of hydrogen-bond donors (Lipinski definition) is 3. The van der Waals surface area contributed by atoms with Crippen molar-refractivity contribution in [3.8, 4) is 0 Å². The zero-order valence-electron chi connectivity index (χ0n) is 13.1. The number of aliphatic imine (C=N–C) groups is 1. The van der Waals surface area contributed by atoms with Gasteiger partial charge in [0.15, 0.2) is 5.96 Å². The van der Waals surface area contributed by atoms with Crippen LogP contribution >= 0.6 is 0 Å². The molecule has 0 bridgehead atoms. The van der Waals surface area contributed by atoms with Crippen LogP contribution in [0.25, 0.3) is 0 Å². The Hall–Kier alpha value is -1.55. The first-order chi connectivity index (χ1) is 10.0. The predicted molar refractivity (Wildman–Crippen MR) is 88.5 cm³/mol. The van der Waals surface area contributed by atoms with Crippen LogP contribution in [0.5, 0.6) is 0 Å². The number of guanidine groups is 1. The van der Waals surface area contributed by atoms with Gasteiger partial charge in [0, 0.05) is 11.1 Å². The third-order valence-electron chi connectivity index (χ3n) is 4.50. The van der Waals surface area contributed by atoms with E-state index in [9.17, 15) is 5.11 Å². The minimum absolute atomic E-state index is 0.143. The average Bonchev–Trinajstić information content (AvgIpc) is 2.49. The van der Waals surface area contributed by atoms with E-state index in [2.05, 4.69) is 36.3 Å². The van der Waals surface area contributed by atoms with Gasteiger partial charge in [0.2, 0.25) is 0 Å². The van der Waals surface area contributed by atoms with Crippen molar-refractivity contribution in [3.63, 3.8) is 0 Å². The average molecular weight is 289 g/mol. The number of nitrogens with zero attached hydrogens (tertiary/aromatic N) is 1. The van der Waals surface area contributed by atoms with Gasteiger partial charge in [0.25, 0.3) is 0 Å². The molecule has 1 aliphatic carbocycles. The summed E-state index contributed by atoms with van der Waals surface area (Å²) in [5, 5.41) is 13.3. The van der Waals surface area contributed by atoms with Crippen molar-refractivity contribution in [2.75, 3.05) is 11.9 Å². The van der Waals surface area contributed by atoms with E-state index in [0.717, 1.165) is 37.8 Å². The van der Waals surface area contributed by atoms with Gasteiger partial charge in [0.05, 0.1) is 12.6 Å². The molecule has 0 heterocycles. The summed E-state index contributed by atoms with van der Waals surface area (Å²) < 4.78 is 0. The number of aliphatic hydroxyl groups is 1. The van der Waals surface area contributed by atoms with Crippen molar-refractivity contribution in [2.24, 2.45) is 16.1 Å². The summed E-state index contributed by atoms with van der Waals surface area (Å²) in [6.45, 7) is 4.80. The lowest BCUT2D eigenvalue weighted by Crippen LogP contribution is -2.39. The summed E-state index contributed by atoms with van der Waals surface area (Å²) in [5.74, 6) is 0.419. The Balaban J connectivity index is 1.97. The number of anilines is 1. The maximum absolute atomic E-state index is 10.2. The minimum atomic E-state index is -0.272. The lowest BCUT2D eigenvalue weighted by Gasteiger charge is -2.37. The molecular formula is C17H27N3O. The molecule has 1 aromatic rings. The Morgan fingerprint density at radius 3 is 3.00 bits per heavy atom. The van der Waals surface area contributed by atoms with E-state index in [1.807, 2.05) is 12.1 Å². The summed E-state index contributed by atoms with van der Waals surface area (Å²) in [5.41, 5.74) is 8.06. The van der Waals surface area contributed by atoms with Gasteiger partial charge >= 0.3 is 0 Å². The Morgan fingerprint density at radius 2 is 2.29 bits per heavy atom. The smallest absolute Gasteiger partial charge is 0.193 e. The van der Waals surface area contributed by atoms with E-state index in [0.29, 0.717) is 12.5 Å². The van der Waals surface area contributed by atoms with Crippen molar-refractivity contribution in [1.82, 2.24) is 0 Å².